The predicted molar refractivity (Wildman–Crippen MR) is 147 cm³/mol. The maximum absolute atomic E-state index is 13.6. The summed E-state index contributed by atoms with van der Waals surface area (Å²) in [5, 5.41) is 4.03. The van der Waals surface area contributed by atoms with Gasteiger partial charge < -0.3 is 14.2 Å². The molecule has 1 saturated heterocycles. The number of carbonyl (C=O) groups is 1. The molecular weight excluding hydrogens is 554 g/mol. The van der Waals surface area contributed by atoms with Crippen molar-refractivity contribution in [3.63, 3.8) is 0 Å². The number of nitrogens with zero attached hydrogens (tertiary/aromatic N) is 5. The lowest BCUT2D eigenvalue weighted by molar-refractivity contribution is -0.137. The molecule has 1 aliphatic heterocycles. The molecule has 3 heterocycles. The number of aryl methyl sites for hydroxylation is 2. The molecule has 1 aliphatic carbocycles. The van der Waals surface area contributed by atoms with E-state index in [1.165, 1.54) is 17.4 Å². The van der Waals surface area contributed by atoms with Crippen LogP contribution in [0.15, 0.2) is 28.9 Å². The molecule has 1 aromatic carbocycles. The van der Waals surface area contributed by atoms with E-state index in [-0.39, 0.29) is 23.7 Å². The topological polar surface area (TPSA) is 84.6 Å². The quantitative estimate of drug-likeness (QED) is 0.252. The molecule has 0 radical (unpaired) electrons. The molecule has 1 amide bonds. The zero-order valence-corrected chi connectivity index (χ0v) is 24.2. The summed E-state index contributed by atoms with van der Waals surface area (Å²) in [6.45, 7) is 7.00. The summed E-state index contributed by atoms with van der Waals surface area (Å²) in [4.78, 5) is 26.7. The van der Waals surface area contributed by atoms with E-state index >= 15 is 0 Å². The van der Waals surface area contributed by atoms with Crippen LogP contribution in [-0.2, 0) is 24.1 Å². The van der Waals surface area contributed by atoms with Gasteiger partial charge >= 0.3 is 12.3 Å². The van der Waals surface area contributed by atoms with Crippen LogP contribution < -0.4 is 4.90 Å². The lowest BCUT2D eigenvalue weighted by Crippen LogP contribution is -2.39. The van der Waals surface area contributed by atoms with Gasteiger partial charge in [0.1, 0.15) is 24.2 Å². The molecule has 2 atom stereocenters. The Kier molecular flexibility index (Phi) is 8.43. The highest BCUT2D eigenvalue weighted by Gasteiger charge is 2.42. The van der Waals surface area contributed by atoms with Gasteiger partial charge in [0.05, 0.1) is 41.3 Å². The van der Waals surface area contributed by atoms with E-state index in [2.05, 4.69) is 17.0 Å². The Labute approximate surface area is 242 Å². The van der Waals surface area contributed by atoms with E-state index in [1.54, 1.807) is 20.0 Å². The molecule has 42 heavy (non-hydrogen) atoms. The van der Waals surface area contributed by atoms with E-state index in [4.69, 9.17) is 19.2 Å². The zero-order valence-electron chi connectivity index (χ0n) is 24.2. The number of benzene rings is 1. The molecule has 1 unspecified atom stereocenters. The standard InChI is InChI=1S/C30H35F4N5O3/c1-5-38(23-9-7-6-8-10-23)28-25(36-24(15-35-28)26-17(2)37-42-19(26)4)16-39-18(3)27(41-29(39)40)21-11-20(14-31)12-22(13-21)30(32,33)34/h11-13,15,18,23,27H,5-10,14,16H2,1-4H3/t18-,27?/m0/s1. The van der Waals surface area contributed by atoms with E-state index in [9.17, 15) is 22.4 Å². The molecule has 226 valence electrons. The highest BCUT2D eigenvalue weighted by Crippen LogP contribution is 2.39. The third-order valence-electron chi connectivity index (χ3n) is 8.28. The summed E-state index contributed by atoms with van der Waals surface area (Å²) in [5.41, 5.74) is 1.43. The second kappa shape index (κ2) is 11.9. The van der Waals surface area contributed by atoms with Crippen LogP contribution >= 0.6 is 0 Å². The van der Waals surface area contributed by atoms with Crippen LogP contribution in [0.2, 0.25) is 0 Å². The molecule has 0 bridgehead atoms. The first-order valence-electron chi connectivity index (χ1n) is 14.3. The van der Waals surface area contributed by atoms with Gasteiger partial charge in [-0.15, -0.1) is 0 Å². The third-order valence-corrected chi connectivity index (χ3v) is 8.28. The summed E-state index contributed by atoms with van der Waals surface area (Å²) < 4.78 is 65.1. The number of hydrogen-bond acceptors (Lipinski definition) is 7. The maximum Gasteiger partial charge on any atom is 0.416 e. The first-order chi connectivity index (χ1) is 20.0. The number of aromatic nitrogens is 3. The first kappa shape index (κ1) is 29.8. The van der Waals surface area contributed by atoms with Gasteiger partial charge in [0.2, 0.25) is 0 Å². The van der Waals surface area contributed by atoms with Gasteiger partial charge in [0, 0.05) is 12.6 Å². The Bertz CT molecular complexity index is 1420. The van der Waals surface area contributed by atoms with Crippen LogP contribution in [0.25, 0.3) is 11.3 Å². The highest BCUT2D eigenvalue weighted by atomic mass is 19.4. The van der Waals surface area contributed by atoms with Crippen LogP contribution in [0.3, 0.4) is 0 Å². The fraction of sp³-hybridized carbons (Fsp3) is 0.533. The fourth-order valence-corrected chi connectivity index (χ4v) is 6.15. The number of ether oxygens (including phenoxy) is 1. The lowest BCUT2D eigenvalue weighted by atomic mass is 9.94. The molecule has 8 nitrogen and oxygen atoms in total. The van der Waals surface area contributed by atoms with Gasteiger partial charge in [-0.1, -0.05) is 24.4 Å². The van der Waals surface area contributed by atoms with Crippen LogP contribution in [0.1, 0.15) is 85.9 Å². The lowest BCUT2D eigenvalue weighted by Gasteiger charge is -2.35. The van der Waals surface area contributed by atoms with Crippen molar-refractivity contribution in [1.29, 1.82) is 0 Å². The first-order valence-corrected chi connectivity index (χ1v) is 14.3. The van der Waals surface area contributed by atoms with Crippen LogP contribution in [0.4, 0.5) is 28.2 Å². The Morgan fingerprint density at radius 1 is 1.12 bits per heavy atom. The Morgan fingerprint density at radius 3 is 2.48 bits per heavy atom. The molecule has 2 aliphatic rings. The van der Waals surface area contributed by atoms with Crippen molar-refractivity contribution in [2.45, 2.75) is 97.4 Å². The summed E-state index contributed by atoms with van der Waals surface area (Å²) in [6, 6.07) is 2.63. The van der Waals surface area contributed by atoms with Gasteiger partial charge in [0.15, 0.2) is 5.82 Å². The molecule has 3 aromatic rings. The van der Waals surface area contributed by atoms with E-state index < -0.39 is 36.7 Å². The van der Waals surface area contributed by atoms with Crippen molar-refractivity contribution in [3.8, 4) is 11.3 Å². The highest BCUT2D eigenvalue weighted by molar-refractivity contribution is 5.72. The Hall–Kier alpha value is -3.70. The summed E-state index contributed by atoms with van der Waals surface area (Å²) >= 11 is 0. The molecule has 1 saturated carbocycles. The van der Waals surface area contributed by atoms with E-state index in [1.807, 2.05) is 6.92 Å². The monoisotopic (exact) mass is 589 g/mol. The number of cyclic esters (lactones) is 1. The Balaban J connectivity index is 1.52. The summed E-state index contributed by atoms with van der Waals surface area (Å²) in [6.07, 6.45) is 0.788. The SMILES string of the molecule is CCN(c1ncc(-c2c(C)noc2C)nc1CN1C(=O)OC(c2cc(CF)cc(C(F)(F)F)c2)[C@@H]1C)C1CCCCC1. The van der Waals surface area contributed by atoms with Crippen LogP contribution in [-0.4, -0.2) is 44.7 Å². The van der Waals surface area contributed by atoms with Gasteiger partial charge in [-0.05, 0) is 69.9 Å². The maximum atomic E-state index is 13.6. The molecule has 2 aromatic heterocycles. The largest absolute Gasteiger partial charge is 0.439 e. The normalized spacial score (nSPS) is 19.8. The average Bonchev–Trinajstić information content (AvgIpc) is 3.46. The number of rotatable bonds is 8. The molecule has 0 N–H and O–H groups in total. The average molecular weight is 590 g/mol. The summed E-state index contributed by atoms with van der Waals surface area (Å²) in [7, 11) is 0. The molecule has 2 fully saturated rings. The van der Waals surface area contributed by atoms with Gasteiger partial charge in [-0.25, -0.2) is 19.2 Å². The fourth-order valence-electron chi connectivity index (χ4n) is 6.15. The zero-order chi connectivity index (χ0) is 30.2. The van der Waals surface area contributed by atoms with Crippen molar-refractivity contribution in [2.24, 2.45) is 0 Å². The van der Waals surface area contributed by atoms with Crippen molar-refractivity contribution < 1.29 is 31.6 Å². The van der Waals surface area contributed by atoms with Crippen molar-refractivity contribution in [1.82, 2.24) is 20.0 Å². The smallest absolute Gasteiger partial charge is 0.416 e. The molecule has 5 rings (SSSR count). The predicted octanol–water partition coefficient (Wildman–Crippen LogP) is 7.48. The number of anilines is 1. The second-order valence-electron chi connectivity index (χ2n) is 11.1. The van der Waals surface area contributed by atoms with Gasteiger partial charge in [0.25, 0.3) is 0 Å². The number of hydrogen-bond donors (Lipinski definition) is 0. The third kappa shape index (κ3) is 5.80. The van der Waals surface area contributed by atoms with Crippen LogP contribution in [0, 0.1) is 13.8 Å². The minimum absolute atomic E-state index is 0.0220. The molecule has 12 heteroatoms. The second-order valence-corrected chi connectivity index (χ2v) is 11.1. The minimum Gasteiger partial charge on any atom is -0.439 e. The summed E-state index contributed by atoms with van der Waals surface area (Å²) in [5.74, 6) is 1.24. The van der Waals surface area contributed by atoms with Crippen molar-refractivity contribution in [2.75, 3.05) is 11.4 Å². The van der Waals surface area contributed by atoms with E-state index in [0.717, 1.165) is 37.8 Å². The van der Waals surface area contributed by atoms with E-state index in [0.29, 0.717) is 40.8 Å². The molecule has 0 spiro atoms. The van der Waals surface area contributed by atoms with Gasteiger partial charge in [-0.3, -0.25) is 4.90 Å². The molecular formula is C30H35F4N5O3. The number of carbonyl (C=O) groups excluding carboxylic acids is 1. The number of amides is 1. The van der Waals surface area contributed by atoms with Crippen molar-refractivity contribution >= 4 is 11.9 Å². The number of halogens is 4. The van der Waals surface area contributed by atoms with Crippen molar-refractivity contribution in [3.05, 3.63) is 58.2 Å². The number of alkyl halides is 4. The van der Waals surface area contributed by atoms with Gasteiger partial charge in [-0.2, -0.15) is 13.2 Å². The minimum atomic E-state index is -4.67. The Morgan fingerprint density at radius 2 is 1.86 bits per heavy atom. The van der Waals surface area contributed by atoms with Crippen LogP contribution in [0.5, 0.6) is 0 Å².